The van der Waals surface area contributed by atoms with Crippen LogP contribution in [0.25, 0.3) is 0 Å². The van der Waals surface area contributed by atoms with Crippen LogP contribution >= 0.6 is 11.6 Å². The molecule has 1 fully saturated rings. The highest BCUT2D eigenvalue weighted by molar-refractivity contribution is 6.30. The summed E-state index contributed by atoms with van der Waals surface area (Å²) in [6.45, 7) is 0. The summed E-state index contributed by atoms with van der Waals surface area (Å²) in [5.41, 5.74) is 0.385. The number of carbonyl (C=O) groups is 2. The van der Waals surface area contributed by atoms with Crippen molar-refractivity contribution in [2.75, 3.05) is 16.0 Å². The van der Waals surface area contributed by atoms with E-state index in [4.69, 9.17) is 16.7 Å². The highest BCUT2D eigenvalue weighted by atomic mass is 35.5. The van der Waals surface area contributed by atoms with Gasteiger partial charge in [0, 0.05) is 23.6 Å². The summed E-state index contributed by atoms with van der Waals surface area (Å²) in [6.07, 6.45) is 4.35. The minimum absolute atomic E-state index is 0.0382. The highest BCUT2D eigenvalue weighted by Crippen LogP contribution is 2.49. The number of amides is 1. The van der Waals surface area contributed by atoms with E-state index in [1.54, 1.807) is 30.3 Å². The van der Waals surface area contributed by atoms with Crippen molar-refractivity contribution in [2.45, 2.75) is 50.6 Å². The summed E-state index contributed by atoms with van der Waals surface area (Å²) >= 11 is 6.17. The first-order chi connectivity index (χ1) is 19.2. The van der Waals surface area contributed by atoms with Crippen molar-refractivity contribution < 1.29 is 27.9 Å². The van der Waals surface area contributed by atoms with E-state index >= 15 is 4.39 Å². The van der Waals surface area contributed by atoms with Gasteiger partial charge in [-0.05, 0) is 60.6 Å². The van der Waals surface area contributed by atoms with Crippen molar-refractivity contribution in [3.05, 3.63) is 88.2 Å². The van der Waals surface area contributed by atoms with Crippen LogP contribution in [-0.4, -0.2) is 17.0 Å². The molecule has 1 saturated carbocycles. The molecule has 0 saturated heterocycles. The molecule has 0 aromatic heterocycles. The smallest absolute Gasteiger partial charge is 0.303 e. The number of carboxylic acids is 1. The molecule has 210 valence electrons. The highest BCUT2D eigenvalue weighted by Gasteiger charge is 2.52. The van der Waals surface area contributed by atoms with E-state index in [0.717, 1.165) is 44.2 Å². The number of rotatable bonds is 8. The Labute approximate surface area is 234 Å². The van der Waals surface area contributed by atoms with Crippen LogP contribution in [0, 0.1) is 29.3 Å². The van der Waals surface area contributed by atoms with Gasteiger partial charge >= 0.3 is 5.97 Å². The molecule has 4 N–H and O–H groups in total. The van der Waals surface area contributed by atoms with Crippen LogP contribution in [0.1, 0.15) is 49.7 Å². The van der Waals surface area contributed by atoms with Crippen molar-refractivity contribution in [3.63, 3.8) is 0 Å². The van der Waals surface area contributed by atoms with E-state index < -0.39 is 40.9 Å². The SMILES string of the molecule is O=C(O)CCc1ccc(NC(=O)C(C2CCCCC2)C2(c3ccc(Cl)cc3)Nc3cc(F)c(F)cc3N2)c(F)c1. The summed E-state index contributed by atoms with van der Waals surface area (Å²) in [5, 5.41) is 18.7. The van der Waals surface area contributed by atoms with Crippen LogP contribution in [0.2, 0.25) is 5.02 Å². The zero-order valence-corrected chi connectivity index (χ0v) is 22.3. The Kier molecular flexibility index (Phi) is 7.94. The molecule has 0 bridgehead atoms. The number of nitrogens with one attached hydrogen (secondary N) is 3. The third kappa shape index (κ3) is 5.61. The predicted octanol–water partition coefficient (Wildman–Crippen LogP) is 7.30. The van der Waals surface area contributed by atoms with Gasteiger partial charge in [0.25, 0.3) is 0 Å². The van der Waals surface area contributed by atoms with Crippen molar-refractivity contribution in [3.8, 4) is 0 Å². The van der Waals surface area contributed by atoms with Crippen molar-refractivity contribution >= 4 is 40.5 Å². The van der Waals surface area contributed by atoms with E-state index in [1.807, 2.05) is 0 Å². The summed E-state index contributed by atoms with van der Waals surface area (Å²) in [7, 11) is 0. The van der Waals surface area contributed by atoms with Gasteiger partial charge in [-0.3, -0.25) is 9.59 Å². The molecule has 2 aliphatic rings. The molecule has 1 unspecified atom stereocenters. The lowest BCUT2D eigenvalue weighted by Crippen LogP contribution is -2.54. The lowest BCUT2D eigenvalue weighted by molar-refractivity contribution is -0.137. The first-order valence-corrected chi connectivity index (χ1v) is 13.7. The quantitative estimate of drug-likeness (QED) is 0.228. The molecule has 10 heteroatoms. The van der Waals surface area contributed by atoms with Gasteiger partial charge in [-0.2, -0.15) is 0 Å². The van der Waals surface area contributed by atoms with Crippen LogP contribution < -0.4 is 16.0 Å². The maximum atomic E-state index is 15.1. The fraction of sp³-hybridized carbons (Fsp3) is 0.333. The van der Waals surface area contributed by atoms with E-state index in [2.05, 4.69) is 16.0 Å². The average Bonchev–Trinajstić information content (AvgIpc) is 3.28. The van der Waals surface area contributed by atoms with Gasteiger partial charge in [0.05, 0.1) is 23.0 Å². The minimum Gasteiger partial charge on any atom is -0.481 e. The fourth-order valence-corrected chi connectivity index (χ4v) is 6.04. The van der Waals surface area contributed by atoms with Gasteiger partial charge in [0.2, 0.25) is 5.91 Å². The molecule has 3 aromatic rings. The molecule has 1 aliphatic heterocycles. The topological polar surface area (TPSA) is 90.5 Å². The molecule has 40 heavy (non-hydrogen) atoms. The fourth-order valence-electron chi connectivity index (χ4n) is 5.91. The number of carboxylic acid groups (broad SMARTS) is 1. The largest absolute Gasteiger partial charge is 0.481 e. The number of hydrogen-bond donors (Lipinski definition) is 4. The molecule has 1 aliphatic carbocycles. The average molecular weight is 572 g/mol. The zero-order valence-electron chi connectivity index (χ0n) is 21.6. The van der Waals surface area contributed by atoms with Gasteiger partial charge in [-0.25, -0.2) is 13.2 Å². The van der Waals surface area contributed by atoms with Crippen LogP contribution in [-0.2, 0) is 21.7 Å². The number of fused-ring (bicyclic) bond motifs is 1. The van der Waals surface area contributed by atoms with Crippen LogP contribution in [0.4, 0.5) is 30.2 Å². The summed E-state index contributed by atoms with van der Waals surface area (Å²) in [6, 6.07) is 13.2. The summed E-state index contributed by atoms with van der Waals surface area (Å²) in [4.78, 5) is 25.1. The number of anilines is 3. The maximum Gasteiger partial charge on any atom is 0.303 e. The summed E-state index contributed by atoms with van der Waals surface area (Å²) in [5.74, 6) is -5.14. The molecular formula is C30H29ClF3N3O3. The Balaban J connectivity index is 1.55. The van der Waals surface area contributed by atoms with Crippen molar-refractivity contribution in [1.29, 1.82) is 0 Å². The second-order valence-electron chi connectivity index (χ2n) is 10.4. The van der Waals surface area contributed by atoms with E-state index in [-0.39, 0.29) is 24.4 Å². The molecular weight excluding hydrogens is 543 g/mol. The van der Waals surface area contributed by atoms with Gasteiger partial charge in [0.1, 0.15) is 11.5 Å². The zero-order chi connectivity index (χ0) is 28.4. The van der Waals surface area contributed by atoms with Gasteiger partial charge < -0.3 is 21.1 Å². The molecule has 5 rings (SSSR count). The standard InChI is InChI=1S/C30H29ClF3N3O3/c31-20-10-8-19(9-11-20)30(36-25-15-21(32)22(33)16-26(25)37-30)28(18-4-2-1-3-5-18)29(40)35-24-12-6-17(14-23(24)34)7-13-27(38)39/h6,8-12,14-16,18,28,36-37H,1-5,7,13H2,(H,35,40)(H,38,39). The second kappa shape index (κ2) is 11.4. The molecule has 0 spiro atoms. The monoisotopic (exact) mass is 571 g/mol. The first-order valence-electron chi connectivity index (χ1n) is 13.3. The first kappa shape index (κ1) is 27.8. The number of aliphatic carboxylic acids is 1. The van der Waals surface area contributed by atoms with Crippen molar-refractivity contribution in [1.82, 2.24) is 0 Å². The number of carbonyl (C=O) groups excluding carboxylic acids is 1. The van der Waals surface area contributed by atoms with E-state index in [9.17, 15) is 18.4 Å². The van der Waals surface area contributed by atoms with E-state index in [0.29, 0.717) is 27.5 Å². The predicted molar refractivity (Wildman–Crippen MR) is 148 cm³/mol. The molecule has 3 aromatic carbocycles. The summed E-state index contributed by atoms with van der Waals surface area (Å²) < 4.78 is 43.6. The van der Waals surface area contributed by atoms with E-state index in [1.165, 1.54) is 12.1 Å². The van der Waals surface area contributed by atoms with Crippen LogP contribution in [0.5, 0.6) is 0 Å². The van der Waals surface area contributed by atoms with Gasteiger partial charge in [-0.15, -0.1) is 0 Å². The lowest BCUT2D eigenvalue weighted by atomic mass is 9.71. The Bertz CT molecular complexity index is 1400. The van der Waals surface area contributed by atoms with Crippen molar-refractivity contribution in [2.24, 2.45) is 11.8 Å². The normalized spacial score (nSPS) is 16.9. The minimum atomic E-state index is -1.31. The molecule has 1 heterocycles. The van der Waals surface area contributed by atoms with Gasteiger partial charge in [0.15, 0.2) is 11.6 Å². The van der Waals surface area contributed by atoms with Crippen LogP contribution in [0.15, 0.2) is 54.6 Å². The Morgan fingerprint density at radius 3 is 2.12 bits per heavy atom. The third-order valence-corrected chi connectivity index (χ3v) is 8.06. The molecule has 6 nitrogen and oxygen atoms in total. The maximum absolute atomic E-state index is 15.1. The molecule has 1 amide bonds. The lowest BCUT2D eigenvalue weighted by Gasteiger charge is -2.43. The molecule has 0 radical (unpaired) electrons. The Morgan fingerprint density at radius 2 is 1.55 bits per heavy atom. The Morgan fingerprint density at radius 1 is 0.925 bits per heavy atom. The molecule has 1 atom stereocenters. The Hall–Kier alpha value is -3.72. The second-order valence-corrected chi connectivity index (χ2v) is 10.9. The van der Waals surface area contributed by atoms with Gasteiger partial charge in [-0.1, -0.05) is 49.1 Å². The number of halogens is 4. The number of aryl methyl sites for hydroxylation is 1. The third-order valence-electron chi connectivity index (χ3n) is 7.81. The number of benzene rings is 3. The van der Waals surface area contributed by atoms with Crippen LogP contribution in [0.3, 0.4) is 0 Å². The number of hydrogen-bond acceptors (Lipinski definition) is 4.